The molecule has 0 saturated carbocycles. The number of methoxy groups -OCH3 is 1. The lowest BCUT2D eigenvalue weighted by Gasteiger charge is -2.17. The minimum atomic E-state index is -0.228. The lowest BCUT2D eigenvalue weighted by molar-refractivity contribution is -0.143. The average Bonchev–Trinajstić information content (AvgIpc) is 2.54. The molecule has 0 amide bonds. The van der Waals surface area contributed by atoms with Gasteiger partial charge in [0, 0.05) is 6.54 Å². The number of hydrogen-bond acceptors (Lipinski definition) is 3. The molecule has 112 valence electrons. The highest BCUT2D eigenvalue weighted by atomic mass is 16.5. The molecule has 0 aliphatic rings. The fourth-order valence-electron chi connectivity index (χ4n) is 2.53. The molecular weight excluding hydrogens is 262 g/mol. The van der Waals surface area contributed by atoms with Crippen molar-refractivity contribution in [1.29, 1.82) is 0 Å². The van der Waals surface area contributed by atoms with Gasteiger partial charge >= 0.3 is 5.97 Å². The van der Waals surface area contributed by atoms with Gasteiger partial charge in [-0.2, -0.15) is 0 Å². The van der Waals surface area contributed by atoms with Crippen LogP contribution in [0.4, 0.5) is 0 Å². The summed E-state index contributed by atoms with van der Waals surface area (Å²) in [6, 6.07) is 14.3. The number of unbranched alkanes of at least 4 members (excludes halogenated alkanes) is 1. The van der Waals surface area contributed by atoms with E-state index in [9.17, 15) is 4.79 Å². The second-order valence-electron chi connectivity index (χ2n) is 5.24. The first-order valence-corrected chi connectivity index (χ1v) is 7.54. The van der Waals surface area contributed by atoms with Crippen LogP contribution in [0.15, 0.2) is 42.5 Å². The topological polar surface area (TPSA) is 38.3 Å². The quantitative estimate of drug-likeness (QED) is 0.789. The number of benzene rings is 2. The molecule has 0 aromatic heterocycles. The van der Waals surface area contributed by atoms with E-state index in [-0.39, 0.29) is 12.0 Å². The van der Waals surface area contributed by atoms with E-state index in [0.29, 0.717) is 6.54 Å². The van der Waals surface area contributed by atoms with Crippen LogP contribution in [0.5, 0.6) is 0 Å². The van der Waals surface area contributed by atoms with Crippen molar-refractivity contribution in [2.24, 2.45) is 0 Å². The van der Waals surface area contributed by atoms with Gasteiger partial charge in [0.2, 0.25) is 0 Å². The molecule has 0 radical (unpaired) electrons. The molecule has 0 aliphatic heterocycles. The first-order chi connectivity index (χ1) is 10.3. The Bertz CT molecular complexity index is 589. The van der Waals surface area contributed by atoms with Crippen molar-refractivity contribution in [2.45, 2.75) is 38.8 Å². The minimum absolute atomic E-state index is 0.177. The van der Waals surface area contributed by atoms with Crippen molar-refractivity contribution < 1.29 is 9.53 Å². The Morgan fingerprint density at radius 1 is 1.19 bits per heavy atom. The summed E-state index contributed by atoms with van der Waals surface area (Å²) in [5.74, 6) is -0.177. The summed E-state index contributed by atoms with van der Waals surface area (Å²) in [6.07, 6.45) is 2.90. The summed E-state index contributed by atoms with van der Waals surface area (Å²) in [7, 11) is 1.45. The van der Waals surface area contributed by atoms with Gasteiger partial charge in [-0.3, -0.25) is 4.79 Å². The molecule has 0 bridgehead atoms. The number of hydrogen-bond donors (Lipinski definition) is 1. The normalized spacial score (nSPS) is 12.3. The number of nitrogens with one attached hydrogen (secondary N) is 1. The zero-order valence-electron chi connectivity index (χ0n) is 12.8. The van der Waals surface area contributed by atoms with Gasteiger partial charge in [0.05, 0.1) is 7.11 Å². The van der Waals surface area contributed by atoms with Gasteiger partial charge in [-0.25, -0.2) is 0 Å². The molecule has 1 unspecified atom stereocenters. The van der Waals surface area contributed by atoms with Gasteiger partial charge in [-0.05, 0) is 22.8 Å². The number of ether oxygens (including phenoxy) is 1. The van der Waals surface area contributed by atoms with E-state index in [0.717, 1.165) is 19.3 Å². The number of esters is 1. The zero-order chi connectivity index (χ0) is 15.1. The summed E-state index contributed by atoms with van der Waals surface area (Å²) in [5, 5.41) is 5.79. The first-order valence-electron chi connectivity index (χ1n) is 7.54. The minimum Gasteiger partial charge on any atom is -0.468 e. The molecule has 2 aromatic rings. The maximum atomic E-state index is 11.8. The number of fused-ring (bicyclic) bond motifs is 1. The lowest BCUT2D eigenvalue weighted by atomic mass is 10.0. The molecule has 3 nitrogen and oxygen atoms in total. The van der Waals surface area contributed by atoms with E-state index in [1.807, 2.05) is 12.1 Å². The van der Waals surface area contributed by atoms with E-state index >= 15 is 0 Å². The fourth-order valence-corrected chi connectivity index (χ4v) is 2.53. The van der Waals surface area contributed by atoms with Crippen molar-refractivity contribution in [3.05, 3.63) is 48.0 Å². The maximum absolute atomic E-state index is 11.8. The predicted octanol–water partition coefficient (Wildman–Crippen LogP) is 3.66. The van der Waals surface area contributed by atoms with Gasteiger partial charge in [0.1, 0.15) is 6.04 Å². The molecule has 3 heteroatoms. The molecule has 0 heterocycles. The van der Waals surface area contributed by atoms with Gasteiger partial charge in [0.25, 0.3) is 0 Å². The molecule has 0 spiro atoms. The molecule has 1 atom stereocenters. The summed E-state index contributed by atoms with van der Waals surface area (Å²) in [4.78, 5) is 11.8. The van der Waals surface area contributed by atoms with Crippen molar-refractivity contribution in [3.8, 4) is 0 Å². The molecule has 2 rings (SSSR count). The zero-order valence-corrected chi connectivity index (χ0v) is 12.8. The third-order valence-corrected chi connectivity index (χ3v) is 3.75. The highest BCUT2D eigenvalue weighted by Crippen LogP contribution is 2.18. The molecule has 0 saturated heterocycles. The van der Waals surface area contributed by atoms with Crippen LogP contribution in [0.1, 0.15) is 31.7 Å². The lowest BCUT2D eigenvalue weighted by Crippen LogP contribution is -2.37. The molecular formula is C18H23NO2. The Hall–Kier alpha value is -1.87. The molecule has 0 fully saturated rings. The summed E-state index contributed by atoms with van der Waals surface area (Å²) < 4.78 is 4.88. The number of carbonyl (C=O) groups excluding carboxylic acids is 1. The molecule has 1 N–H and O–H groups in total. The number of rotatable bonds is 7. The van der Waals surface area contributed by atoms with Gasteiger partial charge in [-0.1, -0.05) is 62.2 Å². The second kappa shape index (κ2) is 7.79. The van der Waals surface area contributed by atoms with Crippen LogP contribution < -0.4 is 5.32 Å². The monoisotopic (exact) mass is 285 g/mol. The molecule has 2 aromatic carbocycles. The van der Waals surface area contributed by atoms with E-state index in [4.69, 9.17) is 4.74 Å². The second-order valence-corrected chi connectivity index (χ2v) is 5.24. The Kier molecular flexibility index (Phi) is 5.76. The average molecular weight is 285 g/mol. The third kappa shape index (κ3) is 4.05. The Morgan fingerprint density at radius 3 is 2.71 bits per heavy atom. The molecule has 21 heavy (non-hydrogen) atoms. The maximum Gasteiger partial charge on any atom is 0.322 e. The predicted molar refractivity (Wildman–Crippen MR) is 86.1 cm³/mol. The van der Waals surface area contributed by atoms with E-state index in [1.165, 1.54) is 23.4 Å². The van der Waals surface area contributed by atoms with Gasteiger partial charge in [0.15, 0.2) is 0 Å². The highest BCUT2D eigenvalue weighted by molar-refractivity contribution is 5.85. The smallest absolute Gasteiger partial charge is 0.322 e. The summed E-state index contributed by atoms with van der Waals surface area (Å²) in [6.45, 7) is 2.80. The third-order valence-electron chi connectivity index (χ3n) is 3.75. The molecule has 0 aliphatic carbocycles. The van der Waals surface area contributed by atoms with E-state index in [1.54, 1.807) is 0 Å². The highest BCUT2D eigenvalue weighted by Gasteiger charge is 2.17. The Morgan fingerprint density at radius 2 is 1.95 bits per heavy atom. The van der Waals surface area contributed by atoms with Crippen molar-refractivity contribution in [2.75, 3.05) is 7.11 Å². The Labute approximate surface area is 126 Å². The fraction of sp³-hybridized carbons (Fsp3) is 0.389. The number of carbonyl (C=O) groups is 1. The van der Waals surface area contributed by atoms with Crippen LogP contribution in [0.2, 0.25) is 0 Å². The standard InChI is InChI=1S/C18H23NO2/c1-3-4-12-17(18(20)21-2)19-13-15-10-7-9-14-8-5-6-11-16(14)15/h5-11,17,19H,3-4,12-13H2,1-2H3. The van der Waals surface area contributed by atoms with Crippen LogP contribution in [0, 0.1) is 0 Å². The summed E-state index contributed by atoms with van der Waals surface area (Å²) in [5.41, 5.74) is 1.21. The van der Waals surface area contributed by atoms with Crippen molar-refractivity contribution in [1.82, 2.24) is 5.32 Å². The van der Waals surface area contributed by atoms with Crippen LogP contribution in [0.25, 0.3) is 10.8 Å². The van der Waals surface area contributed by atoms with Crippen LogP contribution in [-0.4, -0.2) is 19.1 Å². The SMILES string of the molecule is CCCCC(NCc1cccc2ccccc12)C(=O)OC. The van der Waals surface area contributed by atoms with Crippen LogP contribution in [0.3, 0.4) is 0 Å². The van der Waals surface area contributed by atoms with E-state index in [2.05, 4.69) is 42.6 Å². The van der Waals surface area contributed by atoms with E-state index < -0.39 is 0 Å². The summed E-state index contributed by atoms with van der Waals surface area (Å²) >= 11 is 0. The Balaban J connectivity index is 2.10. The van der Waals surface area contributed by atoms with Crippen molar-refractivity contribution >= 4 is 16.7 Å². The van der Waals surface area contributed by atoms with Crippen molar-refractivity contribution in [3.63, 3.8) is 0 Å². The van der Waals surface area contributed by atoms with Gasteiger partial charge < -0.3 is 10.1 Å². The largest absolute Gasteiger partial charge is 0.468 e. The first kappa shape index (κ1) is 15.5. The van der Waals surface area contributed by atoms with Gasteiger partial charge in [-0.15, -0.1) is 0 Å². The van der Waals surface area contributed by atoms with Crippen LogP contribution in [-0.2, 0) is 16.1 Å². The van der Waals surface area contributed by atoms with Crippen LogP contribution >= 0.6 is 0 Å².